The van der Waals surface area contributed by atoms with Gasteiger partial charge in [-0.2, -0.15) is 0 Å². The minimum atomic E-state index is -1.20. The van der Waals surface area contributed by atoms with E-state index in [1.54, 1.807) is 0 Å². The molecule has 0 atom stereocenters. The van der Waals surface area contributed by atoms with Gasteiger partial charge in [-0.1, -0.05) is 0 Å². The van der Waals surface area contributed by atoms with Crippen LogP contribution >= 0.6 is 0 Å². The molecule has 0 aliphatic rings. The van der Waals surface area contributed by atoms with Crippen LogP contribution in [0.25, 0.3) is 0 Å². The summed E-state index contributed by atoms with van der Waals surface area (Å²) >= 11 is 0. The minimum Gasteiger partial charge on any atom is -0.475 e. The van der Waals surface area contributed by atoms with Crippen LogP contribution in [0.3, 0.4) is 0 Å². The lowest BCUT2D eigenvalue weighted by Crippen LogP contribution is -2.05. The van der Waals surface area contributed by atoms with E-state index >= 15 is 0 Å². The van der Waals surface area contributed by atoms with Crippen LogP contribution in [0.2, 0.25) is 0 Å². The largest absolute Gasteiger partial charge is 0.475 e. The molecule has 1 aromatic carbocycles. The van der Waals surface area contributed by atoms with Gasteiger partial charge in [-0.15, -0.1) is 0 Å². The molecule has 2 rings (SSSR count). The fourth-order valence-electron chi connectivity index (χ4n) is 1.21. The number of carboxylic acid groups (broad SMARTS) is 1. The molecular weight excluding hydrogens is 225 g/mol. The first-order valence-corrected chi connectivity index (χ1v) is 4.74. The van der Waals surface area contributed by atoms with Crippen LogP contribution in [0, 0.1) is 5.82 Å². The van der Waals surface area contributed by atoms with Crippen molar-refractivity contribution in [3.8, 4) is 0 Å². The second-order valence-electron chi connectivity index (χ2n) is 3.20. The lowest BCUT2D eigenvalue weighted by molar-refractivity contribution is 0.0683. The fourth-order valence-corrected chi connectivity index (χ4v) is 1.21. The van der Waals surface area contributed by atoms with Crippen molar-refractivity contribution in [3.05, 3.63) is 48.2 Å². The Balaban J connectivity index is 2.21. The topological polar surface area (TPSA) is 75.1 Å². The van der Waals surface area contributed by atoms with Crippen molar-refractivity contribution in [1.29, 1.82) is 0 Å². The number of hydrogen-bond acceptors (Lipinski definition) is 4. The summed E-state index contributed by atoms with van der Waals surface area (Å²) in [5.41, 5.74) is 0.612. The van der Waals surface area contributed by atoms with Gasteiger partial charge in [-0.25, -0.2) is 19.2 Å². The third-order valence-electron chi connectivity index (χ3n) is 1.96. The van der Waals surface area contributed by atoms with E-state index in [9.17, 15) is 9.18 Å². The Labute approximate surface area is 96.0 Å². The normalized spacial score (nSPS) is 9.94. The number of carbonyl (C=O) groups is 1. The van der Waals surface area contributed by atoms with Crippen molar-refractivity contribution < 1.29 is 14.3 Å². The number of rotatable bonds is 3. The van der Waals surface area contributed by atoms with Gasteiger partial charge in [0.15, 0.2) is 0 Å². The Hall–Kier alpha value is -2.50. The van der Waals surface area contributed by atoms with Crippen LogP contribution in [0.15, 0.2) is 36.5 Å². The van der Waals surface area contributed by atoms with Crippen LogP contribution in [0.4, 0.5) is 15.9 Å². The van der Waals surface area contributed by atoms with Crippen molar-refractivity contribution in [2.24, 2.45) is 0 Å². The summed E-state index contributed by atoms with van der Waals surface area (Å²) in [5, 5.41) is 11.6. The number of halogens is 1. The van der Waals surface area contributed by atoms with E-state index in [-0.39, 0.29) is 11.6 Å². The van der Waals surface area contributed by atoms with Crippen molar-refractivity contribution in [1.82, 2.24) is 9.97 Å². The summed E-state index contributed by atoms with van der Waals surface area (Å²) in [4.78, 5) is 18.0. The number of aromatic nitrogens is 2. The number of aromatic carboxylic acids is 1. The van der Waals surface area contributed by atoms with Crippen molar-refractivity contribution >= 4 is 17.5 Å². The van der Waals surface area contributed by atoms with Crippen LogP contribution in [0.5, 0.6) is 0 Å². The molecule has 0 amide bonds. The highest BCUT2D eigenvalue weighted by Crippen LogP contribution is 2.14. The van der Waals surface area contributed by atoms with Gasteiger partial charge in [0.05, 0.1) is 0 Å². The Morgan fingerprint density at radius 3 is 2.59 bits per heavy atom. The number of benzene rings is 1. The molecule has 0 saturated heterocycles. The Kier molecular flexibility index (Phi) is 2.95. The number of hydrogen-bond donors (Lipinski definition) is 2. The maximum Gasteiger partial charge on any atom is 0.374 e. The van der Waals surface area contributed by atoms with E-state index in [1.807, 2.05) is 0 Å². The van der Waals surface area contributed by atoms with Gasteiger partial charge in [-0.05, 0) is 30.3 Å². The first kappa shape index (κ1) is 11.0. The highest BCUT2D eigenvalue weighted by molar-refractivity contribution is 5.83. The molecule has 0 aliphatic heterocycles. The van der Waals surface area contributed by atoms with E-state index in [0.717, 1.165) is 0 Å². The zero-order chi connectivity index (χ0) is 12.3. The average molecular weight is 233 g/mol. The molecule has 2 N–H and O–H groups in total. The van der Waals surface area contributed by atoms with E-state index in [1.165, 1.54) is 36.5 Å². The Bertz CT molecular complexity index is 543. The van der Waals surface area contributed by atoms with E-state index in [2.05, 4.69) is 15.3 Å². The maximum atomic E-state index is 12.7. The second kappa shape index (κ2) is 4.56. The molecule has 1 aromatic heterocycles. The van der Waals surface area contributed by atoms with E-state index in [0.29, 0.717) is 11.5 Å². The number of nitrogens with one attached hydrogen (secondary N) is 1. The van der Waals surface area contributed by atoms with Crippen LogP contribution in [-0.4, -0.2) is 21.0 Å². The van der Waals surface area contributed by atoms with Gasteiger partial charge in [0.2, 0.25) is 5.82 Å². The lowest BCUT2D eigenvalue weighted by atomic mass is 10.3. The smallest absolute Gasteiger partial charge is 0.374 e. The fraction of sp³-hybridized carbons (Fsp3) is 0. The number of anilines is 2. The molecule has 0 fully saturated rings. The summed E-state index contributed by atoms with van der Waals surface area (Å²) in [5.74, 6) is -1.50. The molecule has 0 saturated carbocycles. The third-order valence-corrected chi connectivity index (χ3v) is 1.96. The first-order chi connectivity index (χ1) is 8.15. The van der Waals surface area contributed by atoms with Crippen LogP contribution in [0.1, 0.15) is 10.6 Å². The molecule has 0 aliphatic carbocycles. The van der Waals surface area contributed by atoms with Crippen LogP contribution in [-0.2, 0) is 0 Å². The van der Waals surface area contributed by atoms with Crippen molar-refractivity contribution in [2.75, 3.05) is 5.32 Å². The van der Waals surface area contributed by atoms with Gasteiger partial charge in [0.1, 0.15) is 11.6 Å². The molecule has 6 heteroatoms. The predicted octanol–water partition coefficient (Wildman–Crippen LogP) is 2.06. The predicted molar refractivity (Wildman–Crippen MR) is 58.7 cm³/mol. The van der Waals surface area contributed by atoms with E-state index < -0.39 is 5.97 Å². The molecular formula is C11H8FN3O2. The quantitative estimate of drug-likeness (QED) is 0.848. The highest BCUT2D eigenvalue weighted by Gasteiger charge is 2.06. The monoisotopic (exact) mass is 233 g/mol. The van der Waals surface area contributed by atoms with Gasteiger partial charge in [0.25, 0.3) is 0 Å². The van der Waals surface area contributed by atoms with Gasteiger partial charge in [-0.3, -0.25) is 0 Å². The first-order valence-electron chi connectivity index (χ1n) is 4.74. The summed E-state index contributed by atoms with van der Waals surface area (Å²) in [6, 6.07) is 7.16. The van der Waals surface area contributed by atoms with E-state index in [4.69, 9.17) is 5.11 Å². The SMILES string of the molecule is O=C(O)c1nccc(Nc2ccc(F)cc2)n1. The lowest BCUT2D eigenvalue weighted by Gasteiger charge is -2.05. The molecule has 0 radical (unpaired) electrons. The Morgan fingerprint density at radius 2 is 1.94 bits per heavy atom. The third kappa shape index (κ3) is 2.75. The molecule has 86 valence electrons. The summed E-state index contributed by atoms with van der Waals surface area (Å²) in [6.45, 7) is 0. The highest BCUT2D eigenvalue weighted by atomic mass is 19.1. The molecule has 17 heavy (non-hydrogen) atoms. The Morgan fingerprint density at radius 1 is 1.24 bits per heavy atom. The summed E-state index contributed by atoms with van der Waals surface area (Å²) < 4.78 is 12.7. The standard InChI is InChI=1S/C11H8FN3O2/c12-7-1-3-8(4-2-7)14-9-5-6-13-10(15-9)11(16)17/h1-6H,(H,16,17)(H,13,14,15). The molecule has 1 heterocycles. The minimum absolute atomic E-state index is 0.294. The zero-order valence-electron chi connectivity index (χ0n) is 8.59. The van der Waals surface area contributed by atoms with Crippen LogP contribution < -0.4 is 5.32 Å². The number of carboxylic acids is 1. The van der Waals surface area contributed by atoms with Crippen molar-refractivity contribution in [3.63, 3.8) is 0 Å². The average Bonchev–Trinajstić information content (AvgIpc) is 2.32. The number of nitrogens with zero attached hydrogens (tertiary/aromatic N) is 2. The van der Waals surface area contributed by atoms with Gasteiger partial charge < -0.3 is 10.4 Å². The molecule has 0 spiro atoms. The molecule has 2 aromatic rings. The second-order valence-corrected chi connectivity index (χ2v) is 3.20. The maximum absolute atomic E-state index is 12.7. The molecule has 0 unspecified atom stereocenters. The summed E-state index contributed by atoms with van der Waals surface area (Å²) in [7, 11) is 0. The summed E-state index contributed by atoms with van der Waals surface area (Å²) in [6.07, 6.45) is 1.34. The van der Waals surface area contributed by atoms with Crippen molar-refractivity contribution in [2.45, 2.75) is 0 Å². The van der Waals surface area contributed by atoms with Gasteiger partial charge in [0, 0.05) is 11.9 Å². The van der Waals surface area contributed by atoms with Gasteiger partial charge >= 0.3 is 5.97 Å². The molecule has 5 nitrogen and oxygen atoms in total. The zero-order valence-corrected chi connectivity index (χ0v) is 8.59. The molecule has 0 bridgehead atoms.